The van der Waals surface area contributed by atoms with Gasteiger partial charge in [-0.3, -0.25) is 0 Å². The van der Waals surface area contributed by atoms with Crippen molar-refractivity contribution in [2.45, 2.75) is 19.4 Å². The van der Waals surface area contributed by atoms with Gasteiger partial charge in [-0.05, 0) is 37.6 Å². The van der Waals surface area contributed by atoms with E-state index in [9.17, 15) is 0 Å². The Morgan fingerprint density at radius 2 is 2.12 bits per heavy atom. The van der Waals surface area contributed by atoms with Crippen LogP contribution in [-0.4, -0.2) is 20.3 Å². The van der Waals surface area contributed by atoms with Crippen molar-refractivity contribution < 1.29 is 4.74 Å². The lowest BCUT2D eigenvalue weighted by Gasteiger charge is -2.16. The van der Waals surface area contributed by atoms with E-state index in [-0.39, 0.29) is 0 Å². The summed E-state index contributed by atoms with van der Waals surface area (Å²) in [5.74, 6) is 0. The molecule has 0 aliphatic carbocycles. The van der Waals surface area contributed by atoms with Gasteiger partial charge in [-0.25, -0.2) is 0 Å². The molecule has 0 spiro atoms. The van der Waals surface area contributed by atoms with E-state index < -0.39 is 0 Å². The molecule has 1 rings (SSSR count). The third-order valence-electron chi connectivity index (χ3n) is 2.40. The molecule has 0 fully saturated rings. The van der Waals surface area contributed by atoms with Gasteiger partial charge in [-0.1, -0.05) is 37.9 Å². The molecule has 0 aromatic heterocycles. The summed E-state index contributed by atoms with van der Waals surface area (Å²) >= 11 is 7.03. The van der Waals surface area contributed by atoms with Crippen LogP contribution in [0.25, 0.3) is 0 Å². The number of hydrogen-bond donors (Lipinski definition) is 1. The van der Waals surface area contributed by atoms with Gasteiger partial charge in [0, 0.05) is 28.7 Å². The normalized spacial score (nSPS) is 12.8. The fourth-order valence-corrected chi connectivity index (χ4v) is 2.89. The van der Waals surface area contributed by atoms with E-state index in [1.165, 1.54) is 5.56 Å². The minimum Gasteiger partial charge on any atom is -0.385 e. The van der Waals surface area contributed by atoms with E-state index in [0.717, 1.165) is 28.5 Å². The van der Waals surface area contributed by atoms with E-state index in [2.05, 4.69) is 62.3 Å². The van der Waals surface area contributed by atoms with E-state index in [1.54, 1.807) is 7.11 Å². The van der Waals surface area contributed by atoms with Gasteiger partial charge in [-0.15, -0.1) is 0 Å². The quantitative estimate of drug-likeness (QED) is 0.785. The Bertz CT molecular complexity index is 331. The second-order valence-corrected chi connectivity index (χ2v) is 5.46. The largest absolute Gasteiger partial charge is 0.385 e. The highest BCUT2D eigenvalue weighted by molar-refractivity contribution is 9.11. The number of benzene rings is 1. The molecule has 1 aromatic rings. The van der Waals surface area contributed by atoms with Gasteiger partial charge in [0.15, 0.2) is 0 Å². The summed E-state index contributed by atoms with van der Waals surface area (Å²) in [4.78, 5) is 0. The summed E-state index contributed by atoms with van der Waals surface area (Å²) in [6.07, 6.45) is 1.04. The van der Waals surface area contributed by atoms with Crippen LogP contribution in [0.15, 0.2) is 27.1 Å². The zero-order chi connectivity index (χ0) is 12.0. The van der Waals surface area contributed by atoms with Crippen LogP contribution in [-0.2, 0) is 4.74 Å². The van der Waals surface area contributed by atoms with Crippen LogP contribution in [0.5, 0.6) is 0 Å². The lowest BCUT2D eigenvalue weighted by Crippen LogP contribution is -2.21. The van der Waals surface area contributed by atoms with Gasteiger partial charge in [0.25, 0.3) is 0 Å². The van der Waals surface area contributed by atoms with Crippen LogP contribution in [0, 0.1) is 0 Å². The Morgan fingerprint density at radius 1 is 1.38 bits per heavy atom. The fraction of sp³-hybridized carbons (Fsp3) is 0.500. The maximum absolute atomic E-state index is 5.01. The van der Waals surface area contributed by atoms with E-state index in [4.69, 9.17) is 4.74 Å². The van der Waals surface area contributed by atoms with Gasteiger partial charge in [0.2, 0.25) is 0 Å². The topological polar surface area (TPSA) is 21.3 Å². The molecule has 0 amide bonds. The average Bonchev–Trinajstić information content (AvgIpc) is 2.24. The number of nitrogens with one attached hydrogen (secondary N) is 1. The van der Waals surface area contributed by atoms with E-state index in [0.29, 0.717) is 6.04 Å². The van der Waals surface area contributed by atoms with Gasteiger partial charge in [0.05, 0.1) is 0 Å². The Balaban J connectivity index is 2.49. The molecule has 0 saturated carbocycles. The molecule has 0 saturated heterocycles. The molecule has 1 N–H and O–H groups in total. The van der Waals surface area contributed by atoms with E-state index in [1.807, 2.05) is 0 Å². The van der Waals surface area contributed by atoms with Crippen molar-refractivity contribution in [3.8, 4) is 0 Å². The summed E-state index contributed by atoms with van der Waals surface area (Å²) in [6, 6.07) is 6.61. The van der Waals surface area contributed by atoms with Gasteiger partial charge >= 0.3 is 0 Å². The highest BCUT2D eigenvalue weighted by atomic mass is 79.9. The molecule has 0 heterocycles. The second-order valence-electron chi connectivity index (χ2n) is 3.69. The summed E-state index contributed by atoms with van der Waals surface area (Å²) in [5.41, 5.74) is 1.28. The first-order valence-corrected chi connectivity index (χ1v) is 6.91. The van der Waals surface area contributed by atoms with Crippen LogP contribution in [0.2, 0.25) is 0 Å². The van der Waals surface area contributed by atoms with Gasteiger partial charge in [-0.2, -0.15) is 0 Å². The van der Waals surface area contributed by atoms with Crippen molar-refractivity contribution in [1.29, 1.82) is 0 Å². The first-order valence-electron chi connectivity index (χ1n) is 5.32. The first-order chi connectivity index (χ1) is 7.65. The molecule has 1 unspecified atom stereocenters. The summed E-state index contributed by atoms with van der Waals surface area (Å²) < 4.78 is 7.24. The molecule has 0 aliphatic heterocycles. The number of hydrogen-bond acceptors (Lipinski definition) is 2. The Kier molecular flexibility index (Phi) is 6.58. The third-order valence-corrected chi connectivity index (χ3v) is 3.58. The Labute approximate surface area is 114 Å². The maximum atomic E-state index is 5.01. The third kappa shape index (κ3) is 4.53. The monoisotopic (exact) mass is 349 g/mol. The molecule has 16 heavy (non-hydrogen) atoms. The van der Waals surface area contributed by atoms with E-state index >= 15 is 0 Å². The predicted octanol–water partition coefficient (Wildman–Crippen LogP) is 3.90. The molecule has 90 valence electrons. The van der Waals surface area contributed by atoms with Crippen molar-refractivity contribution in [2.24, 2.45) is 0 Å². The first kappa shape index (κ1) is 14.2. The minimum absolute atomic E-state index is 0.347. The van der Waals surface area contributed by atoms with Gasteiger partial charge < -0.3 is 10.1 Å². The van der Waals surface area contributed by atoms with Crippen LogP contribution < -0.4 is 5.32 Å². The molecule has 2 nitrogen and oxygen atoms in total. The maximum Gasteiger partial charge on any atom is 0.0474 e. The molecule has 1 aromatic carbocycles. The Morgan fingerprint density at radius 3 is 2.75 bits per heavy atom. The number of methoxy groups -OCH3 is 1. The highest BCUT2D eigenvalue weighted by Crippen LogP contribution is 2.26. The van der Waals surface area contributed by atoms with Gasteiger partial charge in [0.1, 0.15) is 0 Å². The van der Waals surface area contributed by atoms with Crippen LogP contribution >= 0.6 is 31.9 Å². The zero-order valence-electron chi connectivity index (χ0n) is 9.59. The molecule has 0 aliphatic rings. The van der Waals surface area contributed by atoms with Crippen molar-refractivity contribution in [2.75, 3.05) is 20.3 Å². The summed E-state index contributed by atoms with van der Waals surface area (Å²) in [5, 5.41) is 3.47. The minimum atomic E-state index is 0.347. The standard InChI is InChI=1S/C12H17Br2NO/c1-9(15-6-3-7-16-2)11-5-4-10(13)8-12(11)14/h4-5,8-9,15H,3,6-7H2,1-2H3. The molecule has 0 radical (unpaired) electrons. The smallest absolute Gasteiger partial charge is 0.0474 e. The second kappa shape index (κ2) is 7.43. The molecular formula is C12H17Br2NO. The zero-order valence-corrected chi connectivity index (χ0v) is 12.8. The van der Waals surface area contributed by atoms with Crippen LogP contribution in [0.4, 0.5) is 0 Å². The summed E-state index contributed by atoms with van der Waals surface area (Å²) in [6.45, 7) is 3.94. The summed E-state index contributed by atoms with van der Waals surface area (Å²) in [7, 11) is 1.73. The molecule has 4 heteroatoms. The number of halogens is 2. The van der Waals surface area contributed by atoms with Crippen molar-refractivity contribution in [3.05, 3.63) is 32.7 Å². The highest BCUT2D eigenvalue weighted by Gasteiger charge is 2.08. The number of ether oxygens (including phenoxy) is 1. The SMILES string of the molecule is COCCCNC(C)c1ccc(Br)cc1Br. The predicted molar refractivity (Wildman–Crippen MR) is 74.8 cm³/mol. The molecule has 0 bridgehead atoms. The van der Waals surface area contributed by atoms with Crippen molar-refractivity contribution in [1.82, 2.24) is 5.32 Å². The van der Waals surface area contributed by atoms with Crippen molar-refractivity contribution >= 4 is 31.9 Å². The van der Waals surface area contributed by atoms with Crippen LogP contribution in [0.3, 0.4) is 0 Å². The Hall–Kier alpha value is 0.1000. The number of rotatable bonds is 6. The molecule has 1 atom stereocenters. The lowest BCUT2D eigenvalue weighted by molar-refractivity contribution is 0.193. The fourth-order valence-electron chi connectivity index (χ4n) is 1.50. The molecular weight excluding hydrogens is 334 g/mol. The van der Waals surface area contributed by atoms with Crippen LogP contribution in [0.1, 0.15) is 24.9 Å². The average molecular weight is 351 g/mol. The van der Waals surface area contributed by atoms with Crippen molar-refractivity contribution in [3.63, 3.8) is 0 Å². The lowest BCUT2D eigenvalue weighted by atomic mass is 10.1.